The molecule has 1 N–H and O–H groups in total. The summed E-state index contributed by atoms with van der Waals surface area (Å²) in [4.78, 5) is 8.27. The normalized spacial score (nSPS) is 10.5. The summed E-state index contributed by atoms with van der Waals surface area (Å²) >= 11 is 0. The third-order valence-corrected chi connectivity index (χ3v) is 1.94. The Hall–Kier alpha value is -1.32. The fourth-order valence-electron chi connectivity index (χ4n) is 1.17. The minimum Gasteiger partial charge on any atom is -0.477 e. The predicted octanol–water partition coefficient (Wildman–Crippen LogP) is 2.25. The standard InChI is InChI=1S/C11H19N3O/c1-5-12-10-9(4)11(14-7-13-10)15-6-8(2)3/h7-8H,5-6H2,1-4H3,(H,12,13,14). The van der Waals surface area contributed by atoms with Crippen molar-refractivity contribution < 1.29 is 4.74 Å². The first-order valence-electron chi connectivity index (χ1n) is 5.33. The molecule has 0 spiro atoms. The van der Waals surface area contributed by atoms with Gasteiger partial charge in [0.25, 0.3) is 0 Å². The molecule has 0 fully saturated rings. The van der Waals surface area contributed by atoms with Gasteiger partial charge in [-0.1, -0.05) is 13.8 Å². The molecule has 0 saturated carbocycles. The first kappa shape index (κ1) is 11.8. The largest absolute Gasteiger partial charge is 0.477 e. The number of anilines is 1. The third kappa shape index (κ3) is 3.38. The monoisotopic (exact) mass is 209 g/mol. The van der Waals surface area contributed by atoms with Crippen LogP contribution in [-0.2, 0) is 0 Å². The summed E-state index contributed by atoms with van der Waals surface area (Å²) < 4.78 is 5.59. The summed E-state index contributed by atoms with van der Waals surface area (Å²) in [5.41, 5.74) is 0.972. The van der Waals surface area contributed by atoms with Gasteiger partial charge in [0.05, 0.1) is 12.2 Å². The molecular weight excluding hydrogens is 190 g/mol. The van der Waals surface area contributed by atoms with Crippen molar-refractivity contribution in [2.24, 2.45) is 5.92 Å². The van der Waals surface area contributed by atoms with Crippen molar-refractivity contribution >= 4 is 5.82 Å². The SMILES string of the molecule is CCNc1ncnc(OCC(C)C)c1C. The van der Waals surface area contributed by atoms with E-state index in [1.165, 1.54) is 6.33 Å². The van der Waals surface area contributed by atoms with Crippen molar-refractivity contribution in [1.82, 2.24) is 9.97 Å². The average molecular weight is 209 g/mol. The molecule has 0 radical (unpaired) electrons. The molecule has 1 aromatic heterocycles. The summed E-state index contributed by atoms with van der Waals surface area (Å²) in [7, 11) is 0. The van der Waals surface area contributed by atoms with Crippen LogP contribution in [0.25, 0.3) is 0 Å². The topological polar surface area (TPSA) is 47.0 Å². The van der Waals surface area contributed by atoms with Gasteiger partial charge in [0.2, 0.25) is 5.88 Å². The Labute approximate surface area is 91.1 Å². The molecule has 1 rings (SSSR count). The van der Waals surface area contributed by atoms with E-state index in [9.17, 15) is 0 Å². The maximum atomic E-state index is 5.59. The highest BCUT2D eigenvalue weighted by molar-refractivity contribution is 5.47. The lowest BCUT2D eigenvalue weighted by Crippen LogP contribution is -2.09. The molecule has 84 valence electrons. The van der Waals surface area contributed by atoms with Crippen LogP contribution >= 0.6 is 0 Å². The summed E-state index contributed by atoms with van der Waals surface area (Å²) in [6, 6.07) is 0. The Morgan fingerprint density at radius 1 is 1.40 bits per heavy atom. The first-order valence-corrected chi connectivity index (χ1v) is 5.33. The highest BCUT2D eigenvalue weighted by atomic mass is 16.5. The van der Waals surface area contributed by atoms with E-state index in [0.717, 1.165) is 17.9 Å². The van der Waals surface area contributed by atoms with Gasteiger partial charge < -0.3 is 10.1 Å². The van der Waals surface area contributed by atoms with Gasteiger partial charge in [-0.15, -0.1) is 0 Å². The highest BCUT2D eigenvalue weighted by Gasteiger charge is 2.07. The second-order valence-corrected chi connectivity index (χ2v) is 3.89. The van der Waals surface area contributed by atoms with Gasteiger partial charge in [0.15, 0.2) is 0 Å². The van der Waals surface area contributed by atoms with Crippen LogP contribution < -0.4 is 10.1 Å². The second-order valence-electron chi connectivity index (χ2n) is 3.89. The molecule has 0 aromatic carbocycles. The van der Waals surface area contributed by atoms with E-state index in [1.807, 2.05) is 13.8 Å². The Morgan fingerprint density at radius 2 is 2.13 bits per heavy atom. The Balaban J connectivity index is 2.75. The number of aromatic nitrogens is 2. The highest BCUT2D eigenvalue weighted by Crippen LogP contribution is 2.20. The first-order chi connectivity index (χ1) is 7.15. The zero-order valence-corrected chi connectivity index (χ0v) is 9.87. The second kappa shape index (κ2) is 5.53. The van der Waals surface area contributed by atoms with Crippen molar-refractivity contribution in [3.8, 4) is 5.88 Å². The van der Waals surface area contributed by atoms with E-state index in [0.29, 0.717) is 18.4 Å². The van der Waals surface area contributed by atoms with Crippen molar-refractivity contribution in [3.63, 3.8) is 0 Å². The van der Waals surface area contributed by atoms with Crippen molar-refractivity contribution in [1.29, 1.82) is 0 Å². The lowest BCUT2D eigenvalue weighted by Gasteiger charge is -2.12. The number of ether oxygens (including phenoxy) is 1. The lowest BCUT2D eigenvalue weighted by molar-refractivity contribution is 0.259. The summed E-state index contributed by atoms with van der Waals surface area (Å²) in [5, 5.41) is 3.17. The van der Waals surface area contributed by atoms with E-state index >= 15 is 0 Å². The van der Waals surface area contributed by atoms with Gasteiger partial charge in [0, 0.05) is 6.54 Å². The molecule has 0 amide bonds. The quantitative estimate of drug-likeness (QED) is 0.808. The molecule has 1 aromatic rings. The minimum absolute atomic E-state index is 0.502. The molecule has 4 nitrogen and oxygen atoms in total. The fraction of sp³-hybridized carbons (Fsp3) is 0.636. The molecule has 0 atom stereocenters. The van der Waals surface area contributed by atoms with Gasteiger partial charge in [-0.25, -0.2) is 9.97 Å². The molecule has 0 aliphatic heterocycles. The van der Waals surface area contributed by atoms with Gasteiger partial charge in [-0.3, -0.25) is 0 Å². The Morgan fingerprint density at radius 3 is 2.73 bits per heavy atom. The van der Waals surface area contributed by atoms with Crippen LogP contribution in [0.4, 0.5) is 5.82 Å². The molecule has 0 bridgehead atoms. The Kier molecular flexibility index (Phi) is 4.34. The molecule has 4 heteroatoms. The maximum Gasteiger partial charge on any atom is 0.221 e. The van der Waals surface area contributed by atoms with Gasteiger partial charge >= 0.3 is 0 Å². The number of hydrogen-bond donors (Lipinski definition) is 1. The zero-order chi connectivity index (χ0) is 11.3. The predicted molar refractivity (Wildman–Crippen MR) is 61.3 cm³/mol. The molecule has 0 aliphatic carbocycles. The van der Waals surface area contributed by atoms with Crippen LogP contribution in [0.2, 0.25) is 0 Å². The van der Waals surface area contributed by atoms with E-state index in [2.05, 4.69) is 29.1 Å². The van der Waals surface area contributed by atoms with Gasteiger partial charge in [0.1, 0.15) is 12.1 Å². The summed E-state index contributed by atoms with van der Waals surface area (Å²) in [6.45, 7) is 9.76. The van der Waals surface area contributed by atoms with Crippen LogP contribution in [-0.4, -0.2) is 23.1 Å². The summed E-state index contributed by atoms with van der Waals surface area (Å²) in [6.07, 6.45) is 1.53. The fourth-order valence-corrected chi connectivity index (χ4v) is 1.17. The maximum absolute atomic E-state index is 5.59. The molecular formula is C11H19N3O. The van der Waals surface area contributed by atoms with E-state index in [4.69, 9.17) is 4.74 Å². The molecule has 0 aliphatic rings. The van der Waals surface area contributed by atoms with Gasteiger partial charge in [-0.2, -0.15) is 0 Å². The Bertz CT molecular complexity index is 313. The number of hydrogen-bond acceptors (Lipinski definition) is 4. The van der Waals surface area contributed by atoms with Crippen LogP contribution in [0.1, 0.15) is 26.3 Å². The van der Waals surface area contributed by atoms with Crippen molar-refractivity contribution in [2.75, 3.05) is 18.5 Å². The smallest absolute Gasteiger partial charge is 0.221 e. The van der Waals surface area contributed by atoms with E-state index < -0.39 is 0 Å². The molecule has 1 heterocycles. The van der Waals surface area contributed by atoms with Crippen LogP contribution in [0, 0.1) is 12.8 Å². The number of nitrogens with one attached hydrogen (secondary N) is 1. The van der Waals surface area contributed by atoms with Crippen molar-refractivity contribution in [3.05, 3.63) is 11.9 Å². The van der Waals surface area contributed by atoms with Crippen LogP contribution in [0.3, 0.4) is 0 Å². The van der Waals surface area contributed by atoms with Crippen LogP contribution in [0.15, 0.2) is 6.33 Å². The zero-order valence-electron chi connectivity index (χ0n) is 9.87. The number of nitrogens with zero attached hydrogens (tertiary/aromatic N) is 2. The van der Waals surface area contributed by atoms with Crippen LogP contribution in [0.5, 0.6) is 5.88 Å². The molecule has 0 unspecified atom stereocenters. The molecule has 0 saturated heterocycles. The van der Waals surface area contributed by atoms with Crippen molar-refractivity contribution in [2.45, 2.75) is 27.7 Å². The van der Waals surface area contributed by atoms with E-state index in [1.54, 1.807) is 0 Å². The van der Waals surface area contributed by atoms with Gasteiger partial charge in [-0.05, 0) is 19.8 Å². The lowest BCUT2D eigenvalue weighted by atomic mass is 10.2. The van der Waals surface area contributed by atoms with E-state index in [-0.39, 0.29) is 0 Å². The molecule has 15 heavy (non-hydrogen) atoms. The minimum atomic E-state index is 0.502. The average Bonchev–Trinajstić information content (AvgIpc) is 2.19. The third-order valence-electron chi connectivity index (χ3n) is 1.94. The number of rotatable bonds is 5. The summed E-state index contributed by atoms with van der Waals surface area (Å²) in [5.74, 6) is 2.03.